The third kappa shape index (κ3) is 5.13. The highest BCUT2D eigenvalue weighted by Crippen LogP contribution is 2.22. The Kier molecular flexibility index (Phi) is 6.79. The van der Waals surface area contributed by atoms with Crippen LogP contribution in [0, 0.1) is 11.8 Å². The number of rotatable bonds is 8. The number of hydrogen-bond donors (Lipinski definition) is 2. The highest BCUT2D eigenvalue weighted by molar-refractivity contribution is 6.08. The standard InChI is InChI=1S/C30H33N7O/c1-21-4-3-10-32-28(29-18-34-30-12-26(38-2)9-11-37(29)30)13-27(21)33-16-22-5-7-24(8-6-22)25-17-35-36(20-25)19-23-14-31-15-23/h3,5-13,17-18,20-21,23,31,33H,4,14-16,19H2,1-2H3/b10-3+,27-13?,32-28?. The van der Waals surface area contributed by atoms with Gasteiger partial charge in [-0.15, -0.1) is 0 Å². The lowest BCUT2D eigenvalue weighted by Crippen LogP contribution is -2.44. The monoisotopic (exact) mass is 507 g/mol. The molecule has 2 aliphatic rings. The van der Waals surface area contributed by atoms with E-state index in [4.69, 9.17) is 9.73 Å². The minimum Gasteiger partial charge on any atom is -0.497 e. The van der Waals surface area contributed by atoms with Gasteiger partial charge in [0.2, 0.25) is 0 Å². The van der Waals surface area contributed by atoms with Crippen molar-refractivity contribution in [1.82, 2.24) is 29.8 Å². The van der Waals surface area contributed by atoms with E-state index in [1.807, 2.05) is 41.3 Å². The summed E-state index contributed by atoms with van der Waals surface area (Å²) in [5, 5.41) is 11.6. The molecule has 8 heteroatoms. The number of fused-ring (bicyclic) bond motifs is 1. The SMILES string of the molecule is COc1ccn2c(C3=N/C=C/CC(C)C(NCc4ccc(-c5cnn(CC6CNC6)c5)cc4)=C3)cnc2c1. The summed E-state index contributed by atoms with van der Waals surface area (Å²) in [5.41, 5.74) is 7.38. The minimum atomic E-state index is 0.340. The maximum atomic E-state index is 5.35. The van der Waals surface area contributed by atoms with Gasteiger partial charge < -0.3 is 15.4 Å². The van der Waals surface area contributed by atoms with Crippen molar-refractivity contribution in [2.75, 3.05) is 20.2 Å². The average Bonchev–Trinajstić information content (AvgIpc) is 3.56. The van der Waals surface area contributed by atoms with E-state index in [0.29, 0.717) is 11.8 Å². The van der Waals surface area contributed by atoms with Crippen LogP contribution in [0.1, 0.15) is 24.6 Å². The summed E-state index contributed by atoms with van der Waals surface area (Å²) in [7, 11) is 1.66. The molecule has 5 heterocycles. The quantitative estimate of drug-likeness (QED) is 0.369. The second-order valence-electron chi connectivity index (χ2n) is 10.1. The molecule has 1 fully saturated rings. The fraction of sp³-hybridized carbons (Fsp3) is 0.300. The second kappa shape index (κ2) is 10.7. The molecule has 0 amide bonds. The third-order valence-electron chi connectivity index (χ3n) is 7.34. The molecule has 8 nitrogen and oxygen atoms in total. The summed E-state index contributed by atoms with van der Waals surface area (Å²) in [4.78, 5) is 9.32. The molecule has 38 heavy (non-hydrogen) atoms. The van der Waals surface area contributed by atoms with E-state index in [1.54, 1.807) is 7.11 Å². The molecular weight excluding hydrogens is 474 g/mol. The smallest absolute Gasteiger partial charge is 0.140 e. The lowest BCUT2D eigenvalue weighted by atomic mass is 10.00. The lowest BCUT2D eigenvalue weighted by molar-refractivity contribution is 0.295. The van der Waals surface area contributed by atoms with E-state index in [0.717, 1.165) is 66.7 Å². The van der Waals surface area contributed by atoms with Crippen molar-refractivity contribution >= 4 is 11.4 Å². The summed E-state index contributed by atoms with van der Waals surface area (Å²) < 4.78 is 9.45. The fourth-order valence-electron chi connectivity index (χ4n) is 4.87. The van der Waals surface area contributed by atoms with Crippen molar-refractivity contribution in [1.29, 1.82) is 0 Å². The summed E-state index contributed by atoms with van der Waals surface area (Å²) in [6.07, 6.45) is 15.1. The van der Waals surface area contributed by atoms with Crippen LogP contribution in [0.5, 0.6) is 5.75 Å². The highest BCUT2D eigenvalue weighted by Gasteiger charge is 2.18. The van der Waals surface area contributed by atoms with E-state index in [-0.39, 0.29) is 0 Å². The Hall–Kier alpha value is -4.17. The zero-order chi connectivity index (χ0) is 25.9. The number of nitrogens with zero attached hydrogens (tertiary/aromatic N) is 5. The van der Waals surface area contributed by atoms with Crippen molar-refractivity contribution in [2.45, 2.75) is 26.4 Å². The Morgan fingerprint density at radius 2 is 1.97 bits per heavy atom. The van der Waals surface area contributed by atoms with Crippen molar-refractivity contribution in [3.8, 4) is 16.9 Å². The highest BCUT2D eigenvalue weighted by atomic mass is 16.5. The van der Waals surface area contributed by atoms with Gasteiger partial charge in [-0.3, -0.25) is 14.1 Å². The number of aromatic nitrogens is 4. The molecule has 1 aromatic carbocycles. The van der Waals surface area contributed by atoms with Crippen LogP contribution < -0.4 is 15.4 Å². The summed E-state index contributed by atoms with van der Waals surface area (Å²) in [5.74, 6) is 1.82. The minimum absolute atomic E-state index is 0.340. The van der Waals surface area contributed by atoms with Crippen LogP contribution in [0.4, 0.5) is 0 Å². The van der Waals surface area contributed by atoms with Crippen LogP contribution in [0.2, 0.25) is 0 Å². The van der Waals surface area contributed by atoms with Crippen molar-refractivity contribution in [3.05, 3.63) is 96.5 Å². The fourth-order valence-corrected chi connectivity index (χ4v) is 4.87. The first-order valence-corrected chi connectivity index (χ1v) is 13.2. The maximum Gasteiger partial charge on any atom is 0.140 e. The van der Waals surface area contributed by atoms with Gasteiger partial charge in [0.05, 0.1) is 30.9 Å². The first-order chi connectivity index (χ1) is 18.7. The molecule has 1 atom stereocenters. The van der Waals surface area contributed by atoms with E-state index < -0.39 is 0 Å². The Morgan fingerprint density at radius 1 is 1.11 bits per heavy atom. The van der Waals surface area contributed by atoms with Gasteiger partial charge >= 0.3 is 0 Å². The van der Waals surface area contributed by atoms with E-state index in [1.165, 1.54) is 11.1 Å². The number of methoxy groups -OCH3 is 1. The Balaban J connectivity index is 1.17. The van der Waals surface area contributed by atoms with Crippen LogP contribution in [0.25, 0.3) is 16.8 Å². The lowest BCUT2D eigenvalue weighted by Gasteiger charge is -2.26. The molecule has 0 spiro atoms. The van der Waals surface area contributed by atoms with Crippen molar-refractivity contribution < 1.29 is 4.74 Å². The predicted octanol–water partition coefficient (Wildman–Crippen LogP) is 4.44. The third-order valence-corrected chi connectivity index (χ3v) is 7.34. The Bertz CT molecular complexity index is 1510. The second-order valence-corrected chi connectivity index (χ2v) is 10.1. The molecular formula is C30H33N7O. The van der Waals surface area contributed by atoms with E-state index >= 15 is 0 Å². The number of ether oxygens (including phenoxy) is 1. The topological polar surface area (TPSA) is 80.8 Å². The normalized spacial score (nSPS) is 18.7. The van der Waals surface area contributed by atoms with Gasteiger partial charge in [-0.05, 0) is 35.6 Å². The number of imidazole rings is 1. The van der Waals surface area contributed by atoms with Crippen molar-refractivity contribution in [3.63, 3.8) is 0 Å². The first kappa shape index (κ1) is 24.2. The van der Waals surface area contributed by atoms with Crippen LogP contribution >= 0.6 is 0 Å². The molecule has 0 bridgehead atoms. The Morgan fingerprint density at radius 3 is 2.76 bits per heavy atom. The number of hydrogen-bond acceptors (Lipinski definition) is 6. The maximum absolute atomic E-state index is 5.35. The van der Waals surface area contributed by atoms with Crippen LogP contribution in [-0.4, -0.2) is 45.1 Å². The van der Waals surface area contributed by atoms with Crippen LogP contribution in [0.15, 0.2) is 90.2 Å². The average molecular weight is 508 g/mol. The number of aliphatic imine (C=N–C) groups is 1. The number of benzene rings is 1. The molecule has 0 saturated carbocycles. The van der Waals surface area contributed by atoms with E-state index in [2.05, 4.69) is 74.9 Å². The van der Waals surface area contributed by atoms with Gasteiger partial charge in [-0.25, -0.2) is 4.98 Å². The predicted molar refractivity (Wildman–Crippen MR) is 150 cm³/mol. The molecule has 3 aromatic heterocycles. The van der Waals surface area contributed by atoms with Gasteiger partial charge in [0.25, 0.3) is 0 Å². The zero-order valence-electron chi connectivity index (χ0n) is 21.8. The molecule has 2 aliphatic heterocycles. The molecule has 1 saturated heterocycles. The number of pyridine rings is 1. The van der Waals surface area contributed by atoms with Crippen LogP contribution in [0.3, 0.4) is 0 Å². The van der Waals surface area contributed by atoms with E-state index in [9.17, 15) is 0 Å². The van der Waals surface area contributed by atoms with Crippen molar-refractivity contribution in [2.24, 2.45) is 16.8 Å². The molecule has 0 radical (unpaired) electrons. The number of allylic oxidation sites excluding steroid dienone is 3. The summed E-state index contributed by atoms with van der Waals surface area (Å²) in [6, 6.07) is 12.6. The largest absolute Gasteiger partial charge is 0.497 e. The zero-order valence-corrected chi connectivity index (χ0v) is 21.8. The summed E-state index contributed by atoms with van der Waals surface area (Å²) >= 11 is 0. The van der Waals surface area contributed by atoms with Gasteiger partial charge in [-0.1, -0.05) is 37.3 Å². The van der Waals surface area contributed by atoms with Crippen LogP contribution in [-0.2, 0) is 13.1 Å². The number of nitrogens with one attached hydrogen (secondary N) is 2. The summed E-state index contributed by atoms with van der Waals surface area (Å²) in [6.45, 7) is 6.14. The molecule has 1 unspecified atom stereocenters. The van der Waals surface area contributed by atoms with Gasteiger partial charge in [-0.2, -0.15) is 5.10 Å². The molecule has 6 rings (SSSR count). The first-order valence-electron chi connectivity index (χ1n) is 13.2. The molecule has 0 aliphatic carbocycles. The van der Waals surface area contributed by atoms with Gasteiger partial charge in [0.1, 0.15) is 11.4 Å². The molecule has 2 N–H and O–H groups in total. The van der Waals surface area contributed by atoms with Gasteiger partial charge in [0, 0.05) is 68.0 Å². The van der Waals surface area contributed by atoms with Gasteiger partial charge in [0.15, 0.2) is 0 Å². The Labute approximate surface area is 222 Å². The molecule has 194 valence electrons. The molecule has 4 aromatic rings.